The first-order valence-corrected chi connectivity index (χ1v) is 8.48. The zero-order valence-electron chi connectivity index (χ0n) is 13.7. The standard InChI is InChI=1S/C12H16F3N9O2S/c13-12(14,15)6-20-10(17)21-7-2-4-19-11(22-7)26-5-1-3-18-9-8(16)23-27(25)24-9/h2,4H,1,3,5-6H2,(H2,16,23)(H,18,24)(H3,17,19,20,21,22). The molecule has 1 unspecified atom stereocenters. The van der Waals surface area contributed by atoms with E-state index in [4.69, 9.17) is 16.2 Å². The third-order valence-electron chi connectivity index (χ3n) is 2.75. The number of nitrogens with two attached hydrogens (primary N) is 2. The summed E-state index contributed by atoms with van der Waals surface area (Å²) in [7, 11) is 0. The summed E-state index contributed by atoms with van der Waals surface area (Å²) >= 11 is -1.69. The third kappa shape index (κ3) is 7.45. The number of nitrogens with zero attached hydrogens (tertiary/aromatic N) is 5. The van der Waals surface area contributed by atoms with Gasteiger partial charge in [0.2, 0.25) is 11.6 Å². The fraction of sp³-hybridized carbons (Fsp3) is 0.417. The number of ether oxygens (including phenoxy) is 1. The molecular weight excluding hydrogens is 391 g/mol. The molecule has 0 saturated heterocycles. The molecule has 15 heteroatoms. The maximum Gasteiger partial charge on any atom is 0.408 e. The second-order valence-electron chi connectivity index (χ2n) is 4.94. The Kier molecular flexibility index (Phi) is 6.89. The van der Waals surface area contributed by atoms with E-state index in [9.17, 15) is 17.7 Å². The molecule has 11 nitrogen and oxygen atoms in total. The lowest BCUT2D eigenvalue weighted by molar-refractivity contribution is -0.118. The second-order valence-corrected chi connectivity index (χ2v) is 5.77. The van der Waals surface area contributed by atoms with Crippen molar-refractivity contribution in [2.24, 2.45) is 10.7 Å². The van der Waals surface area contributed by atoms with Gasteiger partial charge in [0.15, 0.2) is 17.1 Å². The molecule has 6 N–H and O–H groups in total. The Labute approximate surface area is 154 Å². The van der Waals surface area contributed by atoms with E-state index in [2.05, 4.69) is 34.3 Å². The van der Waals surface area contributed by atoms with Crippen LogP contribution in [0.25, 0.3) is 0 Å². The summed E-state index contributed by atoms with van der Waals surface area (Å²) in [4.78, 5) is 11.0. The highest BCUT2D eigenvalue weighted by Crippen LogP contribution is 2.18. The number of nitrogen functional groups attached to an aromatic ring is 1. The van der Waals surface area contributed by atoms with Crippen LogP contribution in [-0.2, 0) is 0 Å². The van der Waals surface area contributed by atoms with Crippen molar-refractivity contribution in [2.45, 2.75) is 12.6 Å². The zero-order valence-corrected chi connectivity index (χ0v) is 14.5. The van der Waals surface area contributed by atoms with Gasteiger partial charge in [0.05, 0.1) is 6.61 Å². The maximum atomic E-state index is 12.1. The molecule has 2 heterocycles. The third-order valence-corrected chi connectivity index (χ3v) is 3.44. The Morgan fingerprint density at radius 1 is 1.37 bits per heavy atom. The smallest absolute Gasteiger partial charge is 0.408 e. The molecule has 2 aromatic heterocycles. The monoisotopic (exact) mass is 407 g/mol. The highest BCUT2D eigenvalue weighted by Gasteiger charge is 2.26. The number of aliphatic imine (C=N–C) groups is 1. The fourth-order valence-corrected chi connectivity index (χ4v) is 2.27. The Bertz CT molecular complexity index is 784. The Morgan fingerprint density at radius 2 is 2.15 bits per heavy atom. The Morgan fingerprint density at radius 3 is 2.81 bits per heavy atom. The van der Waals surface area contributed by atoms with Gasteiger partial charge < -0.3 is 31.4 Å². The average Bonchev–Trinajstić information content (AvgIpc) is 2.90. The summed E-state index contributed by atoms with van der Waals surface area (Å²) in [6, 6.07) is 1.40. The molecule has 2 aromatic rings. The van der Waals surface area contributed by atoms with E-state index in [0.29, 0.717) is 13.0 Å². The van der Waals surface area contributed by atoms with Crippen LogP contribution in [0, 0.1) is 0 Å². The molecule has 0 amide bonds. The molecule has 0 aliphatic rings. The van der Waals surface area contributed by atoms with Crippen molar-refractivity contribution in [3.8, 4) is 6.01 Å². The number of guanidine groups is 1. The molecular formula is C12H16F3N9O2S. The van der Waals surface area contributed by atoms with E-state index >= 15 is 0 Å². The van der Waals surface area contributed by atoms with Crippen molar-refractivity contribution in [3.63, 3.8) is 0 Å². The maximum absolute atomic E-state index is 12.1. The van der Waals surface area contributed by atoms with Crippen molar-refractivity contribution >= 4 is 34.6 Å². The molecule has 27 heavy (non-hydrogen) atoms. The largest absolute Gasteiger partial charge is 0.546 e. The molecule has 0 radical (unpaired) electrons. The van der Waals surface area contributed by atoms with Gasteiger partial charge in [0.1, 0.15) is 12.4 Å². The van der Waals surface area contributed by atoms with Crippen LogP contribution in [0.15, 0.2) is 17.3 Å². The minimum Gasteiger partial charge on any atom is -0.546 e. The molecule has 0 bridgehead atoms. The first-order chi connectivity index (χ1) is 12.7. The summed E-state index contributed by atoms with van der Waals surface area (Å²) in [6.45, 7) is -0.760. The van der Waals surface area contributed by atoms with Crippen LogP contribution in [0.5, 0.6) is 6.01 Å². The van der Waals surface area contributed by atoms with Crippen LogP contribution in [-0.4, -0.2) is 55.1 Å². The summed E-state index contributed by atoms with van der Waals surface area (Å²) in [5.74, 6) is 0.0222. The fourth-order valence-electron chi connectivity index (χ4n) is 1.66. The van der Waals surface area contributed by atoms with E-state index in [0.717, 1.165) is 0 Å². The molecule has 0 saturated carbocycles. The predicted octanol–water partition coefficient (Wildman–Crippen LogP) is 0.746. The highest BCUT2D eigenvalue weighted by molar-refractivity contribution is 7.14. The van der Waals surface area contributed by atoms with Gasteiger partial charge in [-0.1, -0.05) is 0 Å². The number of anilines is 3. The zero-order chi connectivity index (χ0) is 19.9. The lowest BCUT2D eigenvalue weighted by atomic mass is 10.4. The lowest BCUT2D eigenvalue weighted by Gasteiger charge is -2.08. The van der Waals surface area contributed by atoms with Crippen molar-refractivity contribution in [1.82, 2.24) is 18.7 Å². The van der Waals surface area contributed by atoms with E-state index in [1.165, 1.54) is 12.3 Å². The van der Waals surface area contributed by atoms with Gasteiger partial charge in [-0.15, -0.1) is 0 Å². The molecule has 2 rings (SSSR count). The van der Waals surface area contributed by atoms with Crippen LogP contribution in [0.4, 0.5) is 30.6 Å². The van der Waals surface area contributed by atoms with Crippen LogP contribution in [0.2, 0.25) is 0 Å². The SMILES string of the molecule is N/C(=N/CC(F)(F)F)Nc1ccnc(OCCCNc2n[s+]([O-])nc2N)n1. The molecule has 0 aromatic carbocycles. The minimum absolute atomic E-state index is 0.00371. The summed E-state index contributed by atoms with van der Waals surface area (Å²) < 4.78 is 59.8. The van der Waals surface area contributed by atoms with Crippen LogP contribution in [0.3, 0.4) is 0 Å². The minimum atomic E-state index is -4.45. The van der Waals surface area contributed by atoms with Gasteiger partial charge in [-0.25, -0.2) is 9.98 Å². The van der Waals surface area contributed by atoms with Gasteiger partial charge in [-0.05, 0) is 12.5 Å². The molecule has 0 aliphatic carbocycles. The van der Waals surface area contributed by atoms with Crippen LogP contribution in [0.1, 0.15) is 6.42 Å². The topological polar surface area (TPSA) is 172 Å². The number of aromatic nitrogens is 4. The first-order valence-electron chi connectivity index (χ1n) is 7.41. The van der Waals surface area contributed by atoms with Gasteiger partial charge in [-0.3, -0.25) is 0 Å². The van der Waals surface area contributed by atoms with Crippen LogP contribution >= 0.6 is 11.1 Å². The van der Waals surface area contributed by atoms with Crippen molar-refractivity contribution in [1.29, 1.82) is 0 Å². The van der Waals surface area contributed by atoms with E-state index in [-0.39, 0.29) is 30.1 Å². The Balaban J connectivity index is 1.75. The molecule has 148 valence electrons. The summed E-state index contributed by atoms with van der Waals surface area (Å²) in [5.41, 5.74) is 10.9. The van der Waals surface area contributed by atoms with E-state index < -0.39 is 29.8 Å². The van der Waals surface area contributed by atoms with Gasteiger partial charge in [0, 0.05) is 21.5 Å². The second kappa shape index (κ2) is 9.13. The summed E-state index contributed by atoms with van der Waals surface area (Å²) in [5, 5.41) is 5.27. The molecule has 0 fully saturated rings. The quantitative estimate of drug-likeness (QED) is 0.212. The van der Waals surface area contributed by atoms with E-state index in [1.807, 2.05) is 0 Å². The predicted molar refractivity (Wildman–Crippen MR) is 91.9 cm³/mol. The Hall–Kier alpha value is -2.94. The number of rotatable bonds is 8. The number of halogens is 3. The molecule has 1 atom stereocenters. The highest BCUT2D eigenvalue weighted by atomic mass is 32.2. The van der Waals surface area contributed by atoms with Crippen LogP contribution < -0.4 is 26.8 Å². The average molecular weight is 407 g/mol. The van der Waals surface area contributed by atoms with E-state index in [1.54, 1.807) is 0 Å². The first kappa shape index (κ1) is 20.4. The van der Waals surface area contributed by atoms with Crippen molar-refractivity contribution in [2.75, 3.05) is 36.1 Å². The van der Waals surface area contributed by atoms with Crippen molar-refractivity contribution < 1.29 is 22.5 Å². The van der Waals surface area contributed by atoms with Gasteiger partial charge in [-0.2, -0.15) is 18.2 Å². The summed E-state index contributed by atoms with van der Waals surface area (Å²) in [6.07, 6.45) is -2.59. The molecule has 0 spiro atoms. The van der Waals surface area contributed by atoms with Gasteiger partial charge >= 0.3 is 12.2 Å². The number of alkyl halides is 3. The lowest BCUT2D eigenvalue weighted by Crippen LogP contribution is -2.26. The van der Waals surface area contributed by atoms with Gasteiger partial charge in [0.25, 0.3) is 0 Å². The number of hydrogen-bond donors (Lipinski definition) is 4. The number of hydrogen-bond acceptors (Lipinski definition) is 9. The number of nitrogens with one attached hydrogen (secondary N) is 2. The molecule has 0 aliphatic heterocycles. The van der Waals surface area contributed by atoms with Crippen molar-refractivity contribution in [3.05, 3.63) is 12.3 Å². The normalized spacial score (nSPS) is 12.7.